The van der Waals surface area contributed by atoms with Crippen molar-refractivity contribution in [1.82, 2.24) is 4.98 Å². The maximum atomic E-state index is 10.4. The highest BCUT2D eigenvalue weighted by Crippen LogP contribution is 2.07. The first-order chi connectivity index (χ1) is 4.75. The first-order valence-electron chi connectivity index (χ1n) is 3.12. The highest BCUT2D eigenvalue weighted by Gasteiger charge is 1.98. The minimum absolute atomic E-state index is 0.759. The fraction of sp³-hybridized carbons (Fsp3) is 0.250. The van der Waals surface area contributed by atoms with E-state index in [1.165, 1.54) is 0 Å². The van der Waals surface area contributed by atoms with Gasteiger partial charge >= 0.3 is 0 Å². The molecule has 0 bridgehead atoms. The van der Waals surface area contributed by atoms with Crippen LogP contribution < -0.4 is 0 Å². The van der Waals surface area contributed by atoms with E-state index in [0.29, 0.717) is 0 Å². The molecule has 1 aromatic heterocycles. The maximum absolute atomic E-state index is 10.4. The summed E-state index contributed by atoms with van der Waals surface area (Å²) in [6, 6.07) is 0. The Bertz CT molecular complexity index is 235. The molecule has 2 nitrogen and oxygen atoms in total. The number of rotatable bonds is 1. The second-order valence-electron chi connectivity index (χ2n) is 2.30. The van der Waals surface area contributed by atoms with Crippen LogP contribution in [0.2, 0.25) is 0 Å². The number of nitrogens with zero attached hydrogens (tertiary/aromatic N) is 1. The quantitative estimate of drug-likeness (QED) is 0.546. The highest BCUT2D eigenvalue weighted by atomic mass is 16.1. The predicted octanol–water partition coefficient (Wildman–Crippen LogP) is 1.51. The number of aryl methyl sites for hydroxylation is 2. The Labute approximate surface area is 59.9 Å². The molecule has 1 heterocycles. The second-order valence-corrected chi connectivity index (χ2v) is 2.30. The molecule has 2 heteroatoms. The van der Waals surface area contributed by atoms with Crippen molar-refractivity contribution < 1.29 is 4.79 Å². The van der Waals surface area contributed by atoms with Gasteiger partial charge in [0.1, 0.15) is 0 Å². The van der Waals surface area contributed by atoms with E-state index in [9.17, 15) is 4.79 Å². The smallest absolute Gasteiger partial charge is 0.150 e. The molecule has 1 aromatic rings. The third-order valence-corrected chi connectivity index (χ3v) is 1.50. The third-order valence-electron chi connectivity index (χ3n) is 1.50. The maximum Gasteiger partial charge on any atom is 0.150 e. The average Bonchev–Trinajstić information content (AvgIpc) is 1.88. The molecule has 1 rings (SSSR count). The molecule has 0 saturated carbocycles. The molecular weight excluding hydrogens is 126 g/mol. The number of carbonyl (C=O) groups excluding carboxylic acids is 1. The topological polar surface area (TPSA) is 30.0 Å². The highest BCUT2D eigenvalue weighted by molar-refractivity contribution is 5.78. The molecule has 10 heavy (non-hydrogen) atoms. The zero-order valence-corrected chi connectivity index (χ0v) is 6.09. The minimum Gasteiger partial charge on any atom is -0.298 e. The molecule has 0 aromatic carbocycles. The summed E-state index contributed by atoms with van der Waals surface area (Å²) in [5.74, 6) is 0. The van der Waals surface area contributed by atoms with E-state index in [1.807, 2.05) is 13.8 Å². The molecule has 0 aliphatic heterocycles. The van der Waals surface area contributed by atoms with Gasteiger partial charge in [-0.25, -0.2) is 0 Å². The Morgan fingerprint density at radius 2 is 1.80 bits per heavy atom. The van der Waals surface area contributed by atoms with Crippen LogP contribution in [0.4, 0.5) is 0 Å². The fourth-order valence-corrected chi connectivity index (χ4v) is 0.897. The molecule has 0 amide bonds. The summed E-state index contributed by atoms with van der Waals surface area (Å²) < 4.78 is 0. The van der Waals surface area contributed by atoms with Gasteiger partial charge in [0.25, 0.3) is 0 Å². The minimum atomic E-state index is 0.759. The first-order valence-corrected chi connectivity index (χ1v) is 3.12. The standard InChI is InChI=1S/C8H9NO/c1-6-3-9-4-7(2)8(6)5-10/h3-5H,1-2H3. The van der Waals surface area contributed by atoms with Gasteiger partial charge in [0, 0.05) is 18.0 Å². The summed E-state index contributed by atoms with van der Waals surface area (Å²) in [6.07, 6.45) is 4.25. The summed E-state index contributed by atoms with van der Waals surface area (Å²) in [7, 11) is 0. The molecule has 0 spiro atoms. The molecule has 0 saturated heterocycles. The lowest BCUT2D eigenvalue weighted by molar-refractivity contribution is 0.112. The number of aldehydes is 1. The monoisotopic (exact) mass is 135 g/mol. The summed E-state index contributed by atoms with van der Waals surface area (Å²) in [5.41, 5.74) is 2.64. The van der Waals surface area contributed by atoms with Gasteiger partial charge < -0.3 is 0 Å². The lowest BCUT2D eigenvalue weighted by atomic mass is 10.1. The zero-order chi connectivity index (χ0) is 7.56. The van der Waals surface area contributed by atoms with Gasteiger partial charge in [0.15, 0.2) is 6.29 Å². The van der Waals surface area contributed by atoms with Crippen molar-refractivity contribution in [2.24, 2.45) is 0 Å². The summed E-state index contributed by atoms with van der Waals surface area (Å²) in [5, 5.41) is 0. The largest absolute Gasteiger partial charge is 0.298 e. The summed E-state index contributed by atoms with van der Waals surface area (Å²) in [4.78, 5) is 14.4. The normalized spacial score (nSPS) is 9.40. The summed E-state index contributed by atoms with van der Waals surface area (Å²) in [6.45, 7) is 3.76. The Balaban J connectivity index is 3.30. The first kappa shape index (κ1) is 6.93. The van der Waals surface area contributed by atoms with Crippen LogP contribution in [0.1, 0.15) is 21.5 Å². The van der Waals surface area contributed by atoms with E-state index < -0.39 is 0 Å². The van der Waals surface area contributed by atoms with Crippen LogP contribution >= 0.6 is 0 Å². The van der Waals surface area contributed by atoms with Crippen LogP contribution in [0, 0.1) is 13.8 Å². The van der Waals surface area contributed by atoms with Crippen molar-refractivity contribution in [3.05, 3.63) is 29.1 Å². The van der Waals surface area contributed by atoms with Crippen molar-refractivity contribution >= 4 is 6.29 Å². The van der Waals surface area contributed by atoms with Gasteiger partial charge in [-0.2, -0.15) is 0 Å². The van der Waals surface area contributed by atoms with Crippen LogP contribution in [0.5, 0.6) is 0 Å². The Morgan fingerprint density at radius 3 is 2.10 bits per heavy atom. The molecule has 0 atom stereocenters. The van der Waals surface area contributed by atoms with E-state index in [0.717, 1.165) is 23.0 Å². The predicted molar refractivity (Wildman–Crippen MR) is 39.1 cm³/mol. The molecule has 0 N–H and O–H groups in total. The van der Waals surface area contributed by atoms with Gasteiger partial charge in [0.2, 0.25) is 0 Å². The molecule has 0 unspecified atom stereocenters. The van der Waals surface area contributed by atoms with Crippen LogP contribution in [0.3, 0.4) is 0 Å². The number of carbonyl (C=O) groups is 1. The molecule has 0 fully saturated rings. The Hall–Kier alpha value is -1.18. The molecule has 0 aliphatic rings. The average molecular weight is 135 g/mol. The van der Waals surface area contributed by atoms with Crippen molar-refractivity contribution in [2.45, 2.75) is 13.8 Å². The lowest BCUT2D eigenvalue weighted by Crippen LogP contribution is -1.91. The third kappa shape index (κ3) is 1.05. The number of hydrogen-bond acceptors (Lipinski definition) is 2. The van der Waals surface area contributed by atoms with Crippen molar-refractivity contribution in [2.75, 3.05) is 0 Å². The summed E-state index contributed by atoms with van der Waals surface area (Å²) >= 11 is 0. The second kappa shape index (κ2) is 2.60. The van der Waals surface area contributed by atoms with E-state index in [-0.39, 0.29) is 0 Å². The fourth-order valence-electron chi connectivity index (χ4n) is 0.897. The number of aromatic nitrogens is 1. The molecule has 52 valence electrons. The van der Waals surface area contributed by atoms with Crippen LogP contribution in [0.15, 0.2) is 12.4 Å². The van der Waals surface area contributed by atoms with E-state index >= 15 is 0 Å². The SMILES string of the molecule is Cc1cncc(C)c1C=O. The van der Waals surface area contributed by atoms with Crippen LogP contribution in [-0.4, -0.2) is 11.3 Å². The van der Waals surface area contributed by atoms with Gasteiger partial charge in [-0.3, -0.25) is 9.78 Å². The Kier molecular flexibility index (Phi) is 1.81. The zero-order valence-electron chi connectivity index (χ0n) is 6.09. The van der Waals surface area contributed by atoms with Crippen molar-refractivity contribution in [3.8, 4) is 0 Å². The number of pyridine rings is 1. The van der Waals surface area contributed by atoms with Gasteiger partial charge in [0.05, 0.1) is 0 Å². The van der Waals surface area contributed by atoms with Gasteiger partial charge in [-0.15, -0.1) is 0 Å². The van der Waals surface area contributed by atoms with E-state index in [4.69, 9.17) is 0 Å². The van der Waals surface area contributed by atoms with Crippen molar-refractivity contribution in [3.63, 3.8) is 0 Å². The molecule has 0 aliphatic carbocycles. The van der Waals surface area contributed by atoms with Gasteiger partial charge in [-0.05, 0) is 25.0 Å². The van der Waals surface area contributed by atoms with E-state index in [1.54, 1.807) is 12.4 Å². The van der Waals surface area contributed by atoms with Crippen LogP contribution in [-0.2, 0) is 0 Å². The van der Waals surface area contributed by atoms with Crippen molar-refractivity contribution in [1.29, 1.82) is 0 Å². The number of hydrogen-bond donors (Lipinski definition) is 0. The van der Waals surface area contributed by atoms with Crippen LogP contribution in [0.25, 0.3) is 0 Å². The molecule has 0 radical (unpaired) electrons. The Morgan fingerprint density at radius 1 is 1.30 bits per heavy atom. The lowest BCUT2D eigenvalue weighted by Gasteiger charge is -1.98. The van der Waals surface area contributed by atoms with E-state index in [2.05, 4.69) is 4.98 Å². The van der Waals surface area contributed by atoms with Gasteiger partial charge in [-0.1, -0.05) is 0 Å². The molecular formula is C8H9NO.